The lowest BCUT2D eigenvalue weighted by Gasteiger charge is -2.16. The first kappa shape index (κ1) is 22.5. The van der Waals surface area contributed by atoms with Gasteiger partial charge in [-0.25, -0.2) is 0 Å². The lowest BCUT2D eigenvalue weighted by Crippen LogP contribution is -2.29. The minimum absolute atomic E-state index is 0.0367. The van der Waals surface area contributed by atoms with E-state index < -0.39 is 0 Å². The Morgan fingerprint density at radius 1 is 1.06 bits per heavy atom. The summed E-state index contributed by atoms with van der Waals surface area (Å²) in [7, 11) is 0. The molecular weight excluding hydrogens is 414 g/mol. The van der Waals surface area contributed by atoms with Gasteiger partial charge in [-0.1, -0.05) is 61.4 Å². The Labute approximate surface area is 193 Å². The van der Waals surface area contributed by atoms with E-state index in [2.05, 4.69) is 22.3 Å². The molecule has 7 heteroatoms. The normalized spacial score (nSPS) is 11.2. The van der Waals surface area contributed by atoms with E-state index in [9.17, 15) is 9.59 Å². The van der Waals surface area contributed by atoms with Crippen LogP contribution in [0.2, 0.25) is 0 Å². The molecule has 2 aromatic carbocycles. The Morgan fingerprint density at radius 2 is 1.82 bits per heavy atom. The first-order valence-corrected chi connectivity index (χ1v) is 11.3. The summed E-state index contributed by atoms with van der Waals surface area (Å²) in [6.07, 6.45) is 2.49. The van der Waals surface area contributed by atoms with Crippen LogP contribution in [0.3, 0.4) is 0 Å². The van der Waals surface area contributed by atoms with E-state index in [1.54, 1.807) is 4.57 Å². The fourth-order valence-electron chi connectivity index (χ4n) is 4.04. The van der Waals surface area contributed by atoms with Gasteiger partial charge in [0, 0.05) is 22.5 Å². The van der Waals surface area contributed by atoms with Crippen LogP contribution in [0.5, 0.6) is 0 Å². The lowest BCUT2D eigenvalue weighted by atomic mass is 10.1. The highest BCUT2D eigenvalue weighted by atomic mass is 16.2. The largest absolute Gasteiger partial charge is 0.324 e. The molecule has 0 aliphatic carbocycles. The average molecular weight is 444 g/mol. The van der Waals surface area contributed by atoms with E-state index in [1.807, 2.05) is 69.3 Å². The molecule has 0 spiro atoms. The van der Waals surface area contributed by atoms with Crippen molar-refractivity contribution >= 4 is 17.4 Å². The summed E-state index contributed by atoms with van der Waals surface area (Å²) in [6, 6.07) is 15.5. The number of nitrogens with zero attached hydrogens (tertiary/aromatic N) is 4. The smallest absolute Gasteiger partial charge is 0.279 e. The third kappa shape index (κ3) is 4.58. The summed E-state index contributed by atoms with van der Waals surface area (Å²) in [6.45, 7) is 8.00. The second-order valence-electron chi connectivity index (χ2n) is 8.44. The number of amides is 1. The second-order valence-corrected chi connectivity index (χ2v) is 8.44. The molecule has 170 valence electrons. The van der Waals surface area contributed by atoms with Crippen molar-refractivity contribution in [2.75, 3.05) is 5.32 Å². The number of nitrogens with one attached hydrogen (secondary N) is 1. The maximum Gasteiger partial charge on any atom is 0.279 e. The Bertz CT molecular complexity index is 1370. The van der Waals surface area contributed by atoms with Crippen LogP contribution in [0.25, 0.3) is 17.2 Å². The molecule has 0 aliphatic rings. The molecule has 0 radical (unpaired) electrons. The second kappa shape index (κ2) is 9.40. The highest BCUT2D eigenvalue weighted by Crippen LogP contribution is 2.19. The predicted molar refractivity (Wildman–Crippen MR) is 131 cm³/mol. The molecule has 0 fully saturated rings. The Balaban J connectivity index is 1.78. The number of carbonyl (C=O) groups excluding carboxylic acids is 1. The maximum atomic E-state index is 13.3. The Morgan fingerprint density at radius 3 is 2.52 bits per heavy atom. The minimum atomic E-state index is -0.179. The molecule has 0 saturated heterocycles. The predicted octanol–water partition coefficient (Wildman–Crippen LogP) is 4.46. The molecule has 4 rings (SSSR count). The lowest BCUT2D eigenvalue weighted by molar-refractivity contribution is -0.116. The van der Waals surface area contributed by atoms with Crippen LogP contribution >= 0.6 is 0 Å². The highest BCUT2D eigenvalue weighted by Gasteiger charge is 2.20. The molecule has 1 N–H and O–H groups in total. The van der Waals surface area contributed by atoms with Crippen LogP contribution < -0.4 is 10.9 Å². The van der Waals surface area contributed by atoms with Gasteiger partial charge in [-0.3, -0.25) is 9.59 Å². The summed E-state index contributed by atoms with van der Waals surface area (Å²) in [5.74, 6) is 0.650. The number of hydrogen-bond acceptors (Lipinski definition) is 4. The number of unbranched alkanes of at least 4 members (excludes halogenated alkanes) is 1. The van der Waals surface area contributed by atoms with E-state index in [0.29, 0.717) is 23.6 Å². The van der Waals surface area contributed by atoms with Crippen LogP contribution in [0.1, 0.15) is 42.1 Å². The molecule has 0 unspecified atom stereocenters. The van der Waals surface area contributed by atoms with E-state index in [-0.39, 0.29) is 18.0 Å². The number of benzene rings is 2. The van der Waals surface area contributed by atoms with E-state index in [1.165, 1.54) is 4.52 Å². The van der Waals surface area contributed by atoms with E-state index >= 15 is 0 Å². The van der Waals surface area contributed by atoms with Gasteiger partial charge >= 0.3 is 0 Å². The summed E-state index contributed by atoms with van der Waals surface area (Å²) >= 11 is 0. The van der Waals surface area contributed by atoms with Gasteiger partial charge in [0.1, 0.15) is 6.54 Å². The van der Waals surface area contributed by atoms with Gasteiger partial charge in [0.2, 0.25) is 11.7 Å². The molecule has 1 amide bonds. The molecule has 0 aliphatic heterocycles. The molecule has 4 aromatic rings. The molecule has 0 saturated carbocycles. The molecule has 2 heterocycles. The third-order valence-corrected chi connectivity index (χ3v) is 5.89. The topological polar surface area (TPSA) is 81.3 Å². The third-order valence-electron chi connectivity index (χ3n) is 5.89. The first-order chi connectivity index (χ1) is 15.9. The maximum absolute atomic E-state index is 13.3. The Hall–Kier alpha value is -3.74. The summed E-state index contributed by atoms with van der Waals surface area (Å²) < 4.78 is 3.13. The zero-order chi connectivity index (χ0) is 23.5. The van der Waals surface area contributed by atoms with Crippen molar-refractivity contribution in [2.24, 2.45) is 0 Å². The van der Waals surface area contributed by atoms with E-state index in [0.717, 1.165) is 40.9 Å². The van der Waals surface area contributed by atoms with Gasteiger partial charge in [-0.05, 0) is 45.2 Å². The van der Waals surface area contributed by atoms with Gasteiger partial charge in [0.25, 0.3) is 5.56 Å². The van der Waals surface area contributed by atoms with Gasteiger partial charge in [-0.15, -0.1) is 5.10 Å². The molecule has 0 bridgehead atoms. The number of fused-ring (bicyclic) bond motifs is 1. The number of aryl methyl sites for hydroxylation is 2. The van der Waals surface area contributed by atoms with Crippen molar-refractivity contribution in [3.05, 3.63) is 81.3 Å². The van der Waals surface area contributed by atoms with Crippen molar-refractivity contribution in [2.45, 2.75) is 53.5 Å². The fraction of sp³-hybridized carbons (Fsp3) is 0.308. The van der Waals surface area contributed by atoms with Crippen molar-refractivity contribution in [1.82, 2.24) is 19.2 Å². The van der Waals surface area contributed by atoms with E-state index in [4.69, 9.17) is 0 Å². The van der Waals surface area contributed by atoms with Crippen LogP contribution in [-0.4, -0.2) is 25.1 Å². The quantitative estimate of drug-likeness (QED) is 0.457. The van der Waals surface area contributed by atoms with Crippen LogP contribution in [0.4, 0.5) is 5.69 Å². The molecule has 33 heavy (non-hydrogen) atoms. The molecule has 2 aromatic heterocycles. The van der Waals surface area contributed by atoms with Crippen molar-refractivity contribution < 1.29 is 4.79 Å². The minimum Gasteiger partial charge on any atom is -0.324 e. The fourth-order valence-corrected chi connectivity index (χ4v) is 4.04. The Kier molecular flexibility index (Phi) is 6.40. The average Bonchev–Trinajstić information content (AvgIpc) is 3.25. The SMILES string of the molecule is CCCCc1c(C)n(CC(=O)Nc2ccc(C)cc2C)c2nc(-c3ccccc3)nn2c1=O. The number of carbonyl (C=O) groups is 1. The summed E-state index contributed by atoms with van der Waals surface area (Å²) in [4.78, 5) is 30.9. The molecular formula is C26H29N5O2. The van der Waals surface area contributed by atoms with Crippen molar-refractivity contribution in [1.29, 1.82) is 0 Å². The number of rotatable bonds is 7. The first-order valence-electron chi connectivity index (χ1n) is 11.3. The zero-order valence-electron chi connectivity index (χ0n) is 19.6. The van der Waals surface area contributed by atoms with Crippen LogP contribution in [0, 0.1) is 20.8 Å². The van der Waals surface area contributed by atoms with Gasteiger partial charge in [0.05, 0.1) is 0 Å². The molecule has 7 nitrogen and oxygen atoms in total. The van der Waals surface area contributed by atoms with Crippen molar-refractivity contribution in [3.63, 3.8) is 0 Å². The van der Waals surface area contributed by atoms with Crippen molar-refractivity contribution in [3.8, 4) is 11.4 Å². The number of hydrogen-bond donors (Lipinski definition) is 1. The highest BCUT2D eigenvalue weighted by molar-refractivity contribution is 5.91. The molecule has 0 atom stereocenters. The van der Waals surface area contributed by atoms with Crippen LogP contribution in [-0.2, 0) is 17.8 Å². The summed E-state index contributed by atoms with van der Waals surface area (Å²) in [5.41, 5.74) is 5.00. The van der Waals surface area contributed by atoms with Crippen LogP contribution in [0.15, 0.2) is 53.3 Å². The van der Waals surface area contributed by atoms with Gasteiger partial charge < -0.3 is 9.88 Å². The number of aromatic nitrogens is 4. The number of anilines is 1. The van der Waals surface area contributed by atoms with Gasteiger partial charge in [0.15, 0.2) is 5.82 Å². The summed E-state index contributed by atoms with van der Waals surface area (Å²) in [5, 5.41) is 7.51. The monoisotopic (exact) mass is 443 g/mol. The van der Waals surface area contributed by atoms with Gasteiger partial charge in [-0.2, -0.15) is 9.50 Å². The zero-order valence-corrected chi connectivity index (χ0v) is 19.6. The standard InChI is InChI=1S/C26H29N5O2/c1-5-6-12-21-19(4)30(16-23(32)27-22-14-13-17(2)15-18(22)3)26-28-24(29-31(26)25(21)33)20-10-8-7-9-11-20/h7-11,13-15H,5-6,12,16H2,1-4H3,(H,27,32).